The van der Waals surface area contributed by atoms with Gasteiger partial charge in [0.15, 0.2) is 0 Å². The van der Waals surface area contributed by atoms with E-state index in [1.165, 1.54) is 6.08 Å². The third kappa shape index (κ3) is 4.06. The maximum absolute atomic E-state index is 11.7. The quantitative estimate of drug-likeness (QED) is 0.667. The van der Waals surface area contributed by atoms with E-state index in [4.69, 9.17) is 14.9 Å². The summed E-state index contributed by atoms with van der Waals surface area (Å²) in [5, 5.41) is 20.0. The van der Waals surface area contributed by atoms with Gasteiger partial charge in [-0.25, -0.2) is 4.79 Å². The Labute approximate surface area is 122 Å². The molecule has 0 fully saturated rings. The summed E-state index contributed by atoms with van der Waals surface area (Å²) in [5.41, 5.74) is 1.95. The molecule has 1 unspecified atom stereocenters. The first kappa shape index (κ1) is 15.1. The molecule has 0 saturated heterocycles. The van der Waals surface area contributed by atoms with Crippen molar-refractivity contribution in [3.05, 3.63) is 35.4 Å². The molecule has 2 rings (SSSR count). The molecule has 0 radical (unpaired) electrons. The van der Waals surface area contributed by atoms with Gasteiger partial charge in [-0.3, -0.25) is 4.79 Å². The predicted octanol–water partition coefficient (Wildman–Crippen LogP) is 0.586. The summed E-state index contributed by atoms with van der Waals surface area (Å²) >= 11 is 0. The molecule has 6 heteroatoms. The fourth-order valence-electron chi connectivity index (χ4n) is 2.09. The van der Waals surface area contributed by atoms with Gasteiger partial charge >= 0.3 is 5.97 Å². The number of benzene rings is 1. The Morgan fingerprint density at radius 1 is 1.43 bits per heavy atom. The SMILES string of the molecule is O=C(C=Cc1ccc2c(c1)CCO2)NC(CCO)C(=O)O. The van der Waals surface area contributed by atoms with Gasteiger partial charge in [0.05, 0.1) is 6.61 Å². The summed E-state index contributed by atoms with van der Waals surface area (Å²) < 4.78 is 5.39. The average Bonchev–Trinajstić information content (AvgIpc) is 2.92. The van der Waals surface area contributed by atoms with Gasteiger partial charge in [-0.05, 0) is 29.3 Å². The third-order valence-electron chi connectivity index (χ3n) is 3.17. The van der Waals surface area contributed by atoms with Crippen molar-refractivity contribution in [2.45, 2.75) is 18.9 Å². The molecule has 21 heavy (non-hydrogen) atoms. The Morgan fingerprint density at radius 2 is 2.24 bits per heavy atom. The van der Waals surface area contributed by atoms with Gasteiger partial charge in [-0.15, -0.1) is 0 Å². The van der Waals surface area contributed by atoms with E-state index in [1.54, 1.807) is 6.08 Å². The molecular formula is C15H17NO5. The van der Waals surface area contributed by atoms with E-state index in [0.717, 1.165) is 23.3 Å². The second kappa shape index (κ2) is 6.90. The number of aliphatic carboxylic acids is 1. The average molecular weight is 291 g/mol. The van der Waals surface area contributed by atoms with Gasteiger partial charge < -0.3 is 20.3 Å². The smallest absolute Gasteiger partial charge is 0.326 e. The first-order valence-corrected chi connectivity index (χ1v) is 6.68. The van der Waals surface area contributed by atoms with Crippen molar-refractivity contribution in [3.63, 3.8) is 0 Å². The lowest BCUT2D eigenvalue weighted by molar-refractivity contribution is -0.141. The van der Waals surface area contributed by atoms with Gasteiger partial charge in [-0.2, -0.15) is 0 Å². The van der Waals surface area contributed by atoms with Crippen LogP contribution in [0.1, 0.15) is 17.5 Å². The Hall–Kier alpha value is -2.34. The zero-order valence-corrected chi connectivity index (χ0v) is 11.4. The molecule has 3 N–H and O–H groups in total. The zero-order valence-electron chi connectivity index (χ0n) is 11.4. The van der Waals surface area contributed by atoms with Crippen molar-refractivity contribution in [2.75, 3.05) is 13.2 Å². The normalized spacial score (nSPS) is 14.5. The largest absolute Gasteiger partial charge is 0.493 e. The molecule has 1 aromatic carbocycles. The van der Waals surface area contributed by atoms with Crippen LogP contribution in [0.25, 0.3) is 6.08 Å². The van der Waals surface area contributed by atoms with Gasteiger partial charge in [0, 0.05) is 25.5 Å². The number of ether oxygens (including phenoxy) is 1. The number of nitrogens with one attached hydrogen (secondary N) is 1. The van der Waals surface area contributed by atoms with Crippen molar-refractivity contribution in [1.29, 1.82) is 0 Å². The van der Waals surface area contributed by atoms with Crippen LogP contribution in [0.2, 0.25) is 0 Å². The van der Waals surface area contributed by atoms with Crippen LogP contribution in [-0.2, 0) is 16.0 Å². The van der Waals surface area contributed by atoms with Crippen LogP contribution in [-0.4, -0.2) is 41.3 Å². The van der Waals surface area contributed by atoms with E-state index in [1.807, 2.05) is 18.2 Å². The van der Waals surface area contributed by atoms with E-state index in [-0.39, 0.29) is 13.0 Å². The van der Waals surface area contributed by atoms with Crippen molar-refractivity contribution in [2.24, 2.45) is 0 Å². The highest BCUT2D eigenvalue weighted by Gasteiger charge is 2.17. The molecule has 1 amide bonds. The number of carbonyl (C=O) groups excluding carboxylic acids is 1. The summed E-state index contributed by atoms with van der Waals surface area (Å²) in [4.78, 5) is 22.5. The molecule has 1 aromatic rings. The van der Waals surface area contributed by atoms with Crippen LogP contribution in [0.4, 0.5) is 0 Å². The topological polar surface area (TPSA) is 95.9 Å². The van der Waals surface area contributed by atoms with Gasteiger partial charge in [0.1, 0.15) is 11.8 Å². The van der Waals surface area contributed by atoms with Gasteiger partial charge in [0.25, 0.3) is 0 Å². The number of carbonyl (C=O) groups is 2. The minimum absolute atomic E-state index is 0.0227. The van der Waals surface area contributed by atoms with E-state index < -0.39 is 17.9 Å². The highest BCUT2D eigenvalue weighted by atomic mass is 16.5. The molecule has 0 bridgehead atoms. The first-order valence-electron chi connectivity index (χ1n) is 6.68. The molecule has 1 aliphatic rings. The van der Waals surface area contributed by atoms with Crippen LogP contribution in [0.15, 0.2) is 24.3 Å². The summed E-state index contributed by atoms with van der Waals surface area (Å²) in [7, 11) is 0. The number of carboxylic acids is 1. The lowest BCUT2D eigenvalue weighted by Gasteiger charge is -2.11. The van der Waals surface area contributed by atoms with E-state index >= 15 is 0 Å². The van der Waals surface area contributed by atoms with Crippen LogP contribution >= 0.6 is 0 Å². The lowest BCUT2D eigenvalue weighted by Crippen LogP contribution is -2.40. The highest BCUT2D eigenvalue weighted by Crippen LogP contribution is 2.26. The standard InChI is InChI=1S/C15H17NO5/c17-7-5-12(15(19)20)16-14(18)4-2-10-1-3-13-11(9-10)6-8-21-13/h1-4,9,12,17H,5-8H2,(H,16,18)(H,19,20). The summed E-state index contributed by atoms with van der Waals surface area (Å²) in [6.45, 7) is 0.371. The Bertz CT molecular complexity index is 567. The fraction of sp³-hybridized carbons (Fsp3) is 0.333. The number of fused-ring (bicyclic) bond motifs is 1. The molecule has 1 atom stereocenters. The molecule has 0 saturated carbocycles. The molecule has 0 aliphatic carbocycles. The van der Waals surface area contributed by atoms with Crippen LogP contribution in [0, 0.1) is 0 Å². The van der Waals surface area contributed by atoms with E-state index in [9.17, 15) is 9.59 Å². The molecular weight excluding hydrogens is 274 g/mol. The zero-order chi connectivity index (χ0) is 15.2. The number of hydrogen-bond acceptors (Lipinski definition) is 4. The highest BCUT2D eigenvalue weighted by molar-refractivity contribution is 5.94. The van der Waals surface area contributed by atoms with Crippen molar-refractivity contribution in [1.82, 2.24) is 5.32 Å². The van der Waals surface area contributed by atoms with Crippen molar-refractivity contribution < 1.29 is 24.5 Å². The second-order valence-electron chi connectivity index (χ2n) is 4.71. The molecule has 112 valence electrons. The maximum Gasteiger partial charge on any atom is 0.326 e. The summed E-state index contributed by atoms with van der Waals surface area (Å²) in [6, 6.07) is 4.54. The Kier molecular flexibility index (Phi) is 4.94. The maximum atomic E-state index is 11.7. The Morgan fingerprint density at radius 3 is 2.95 bits per heavy atom. The summed E-state index contributed by atoms with van der Waals surface area (Å²) in [6.07, 6.45) is 3.72. The molecule has 1 heterocycles. The predicted molar refractivity (Wildman–Crippen MR) is 75.9 cm³/mol. The van der Waals surface area contributed by atoms with Crippen LogP contribution < -0.4 is 10.1 Å². The van der Waals surface area contributed by atoms with E-state index in [0.29, 0.717) is 6.61 Å². The molecule has 0 aromatic heterocycles. The van der Waals surface area contributed by atoms with Crippen LogP contribution in [0.5, 0.6) is 5.75 Å². The lowest BCUT2D eigenvalue weighted by atomic mass is 10.1. The van der Waals surface area contributed by atoms with E-state index in [2.05, 4.69) is 5.32 Å². The van der Waals surface area contributed by atoms with Crippen molar-refractivity contribution in [3.8, 4) is 5.75 Å². The molecule has 1 aliphatic heterocycles. The first-order chi connectivity index (χ1) is 10.1. The monoisotopic (exact) mass is 291 g/mol. The summed E-state index contributed by atoms with van der Waals surface area (Å²) in [5.74, 6) is -0.807. The number of aliphatic hydroxyl groups is 1. The molecule has 6 nitrogen and oxygen atoms in total. The van der Waals surface area contributed by atoms with Gasteiger partial charge in [-0.1, -0.05) is 6.07 Å². The number of hydrogen-bond donors (Lipinski definition) is 3. The minimum atomic E-state index is -1.17. The number of carboxylic acid groups (broad SMARTS) is 1. The van der Waals surface area contributed by atoms with Crippen LogP contribution in [0.3, 0.4) is 0 Å². The molecule has 0 spiro atoms. The minimum Gasteiger partial charge on any atom is -0.493 e. The fourth-order valence-corrected chi connectivity index (χ4v) is 2.09. The number of amides is 1. The van der Waals surface area contributed by atoms with Crippen molar-refractivity contribution >= 4 is 18.0 Å². The Balaban J connectivity index is 1.97. The number of aliphatic hydroxyl groups excluding tert-OH is 1. The second-order valence-corrected chi connectivity index (χ2v) is 4.71. The third-order valence-corrected chi connectivity index (χ3v) is 3.17. The number of rotatable bonds is 6. The van der Waals surface area contributed by atoms with Gasteiger partial charge in [0.2, 0.25) is 5.91 Å².